The number of allylic oxidation sites excluding steroid dienone is 1. The molecule has 2 heterocycles. The van der Waals surface area contributed by atoms with E-state index >= 15 is 0 Å². The number of hydrogen-bond donors (Lipinski definition) is 0. The topological polar surface area (TPSA) is 6.48 Å². The Morgan fingerprint density at radius 3 is 1.75 bits per heavy atom. The zero-order valence-corrected chi connectivity index (χ0v) is 30.1. The van der Waals surface area contributed by atoms with Crippen molar-refractivity contribution in [2.24, 2.45) is 0 Å². The van der Waals surface area contributed by atoms with Crippen molar-refractivity contribution < 1.29 is 0 Å². The molecule has 11 rings (SSSR count). The van der Waals surface area contributed by atoms with E-state index in [1.54, 1.807) is 0 Å². The Bertz CT molecular complexity index is 2580. The van der Waals surface area contributed by atoms with Gasteiger partial charge in [-0.05, 0) is 124 Å². The van der Waals surface area contributed by atoms with Gasteiger partial charge in [0.05, 0.1) is 11.4 Å². The van der Waals surface area contributed by atoms with E-state index in [-0.39, 0.29) is 5.41 Å². The van der Waals surface area contributed by atoms with Gasteiger partial charge in [0.25, 0.3) is 0 Å². The maximum Gasteiger partial charge on any atom is 0.0601 e. The fraction of sp³-hybridized carbons (Fsp3) is 0.0800. The first-order valence-electron chi connectivity index (χ1n) is 18.6. The van der Waals surface area contributed by atoms with Gasteiger partial charge < -0.3 is 9.80 Å². The molecule has 252 valence electrons. The zero-order valence-electron chi connectivity index (χ0n) is 29.2. The fourth-order valence-electron chi connectivity index (χ4n) is 9.17. The smallest absolute Gasteiger partial charge is 0.0601 e. The van der Waals surface area contributed by atoms with Crippen LogP contribution in [0, 0.1) is 0 Å². The molecule has 0 fully saturated rings. The van der Waals surface area contributed by atoms with Crippen LogP contribution in [0.4, 0.5) is 28.4 Å². The maximum absolute atomic E-state index is 2.49. The lowest BCUT2D eigenvalue weighted by Gasteiger charge is -2.32. The van der Waals surface area contributed by atoms with E-state index in [1.165, 1.54) is 88.3 Å². The van der Waals surface area contributed by atoms with Crippen LogP contribution in [0.25, 0.3) is 23.3 Å². The Morgan fingerprint density at radius 2 is 1.04 bits per heavy atom. The second-order valence-electron chi connectivity index (χ2n) is 14.6. The van der Waals surface area contributed by atoms with Crippen molar-refractivity contribution in [3.8, 4) is 11.1 Å². The molecule has 53 heavy (non-hydrogen) atoms. The third-order valence-corrected chi connectivity index (χ3v) is 12.8. The van der Waals surface area contributed by atoms with Crippen LogP contribution in [-0.4, -0.2) is 0 Å². The van der Waals surface area contributed by atoms with E-state index in [0.29, 0.717) is 0 Å². The molecule has 0 saturated carbocycles. The monoisotopic (exact) mass is 696 g/mol. The molecule has 0 amide bonds. The average molecular weight is 697 g/mol. The molecule has 7 aromatic rings. The van der Waals surface area contributed by atoms with Gasteiger partial charge in [-0.25, -0.2) is 0 Å². The van der Waals surface area contributed by atoms with Crippen LogP contribution in [0.5, 0.6) is 0 Å². The molecule has 0 bridgehead atoms. The maximum atomic E-state index is 2.49. The van der Waals surface area contributed by atoms with Gasteiger partial charge in [0.1, 0.15) is 0 Å². The van der Waals surface area contributed by atoms with Gasteiger partial charge in [-0.2, -0.15) is 0 Å². The third-order valence-electron chi connectivity index (χ3n) is 11.6. The van der Waals surface area contributed by atoms with Gasteiger partial charge in [-0.15, -0.1) is 0 Å². The van der Waals surface area contributed by atoms with E-state index in [9.17, 15) is 0 Å². The Kier molecular flexibility index (Phi) is 6.93. The van der Waals surface area contributed by atoms with Gasteiger partial charge in [-0.1, -0.05) is 133 Å². The minimum absolute atomic E-state index is 0.0891. The summed E-state index contributed by atoms with van der Waals surface area (Å²) in [6, 6.07) is 58.6. The highest BCUT2D eigenvalue weighted by molar-refractivity contribution is 7.99. The number of benzene rings is 7. The lowest BCUT2D eigenvalue weighted by atomic mass is 9.75. The van der Waals surface area contributed by atoms with Crippen LogP contribution in [0.1, 0.15) is 38.9 Å². The summed E-state index contributed by atoms with van der Waals surface area (Å²) < 4.78 is 0. The number of nitrogens with zero attached hydrogens (tertiary/aromatic N) is 2. The van der Waals surface area contributed by atoms with Crippen LogP contribution in [0.2, 0.25) is 0 Å². The first kappa shape index (κ1) is 30.6. The summed E-state index contributed by atoms with van der Waals surface area (Å²) in [5.41, 5.74) is 18.4. The highest BCUT2D eigenvalue weighted by Crippen LogP contribution is 2.57. The fourth-order valence-corrected chi connectivity index (χ4v) is 10.2. The van der Waals surface area contributed by atoms with Gasteiger partial charge in [0.2, 0.25) is 0 Å². The lowest BCUT2D eigenvalue weighted by Crippen LogP contribution is -2.26. The highest BCUT2D eigenvalue weighted by atomic mass is 32.2. The molecule has 0 atom stereocenters. The molecular weight excluding hydrogens is 661 g/mol. The SMILES string of the molecule is C1=CN(c2ccc3c(c2)C2(Cc4ccccc4C2)c2cc(C=Cc4ccc(N5c6ccccc6Sc6ccccc65)cc4)ccc2-3)c2ccccc2C1. The molecule has 2 aliphatic carbocycles. The number of fused-ring (bicyclic) bond motifs is 9. The molecule has 4 aliphatic rings. The van der Waals surface area contributed by atoms with E-state index in [2.05, 4.69) is 192 Å². The van der Waals surface area contributed by atoms with Crippen LogP contribution >= 0.6 is 11.8 Å². The van der Waals surface area contributed by atoms with Gasteiger partial charge >= 0.3 is 0 Å². The zero-order chi connectivity index (χ0) is 34.9. The van der Waals surface area contributed by atoms with Crippen molar-refractivity contribution in [1.82, 2.24) is 0 Å². The average Bonchev–Trinajstić information content (AvgIpc) is 3.74. The second kappa shape index (κ2) is 12.0. The van der Waals surface area contributed by atoms with E-state index in [4.69, 9.17) is 0 Å². The van der Waals surface area contributed by atoms with Crippen molar-refractivity contribution in [3.63, 3.8) is 0 Å². The summed E-state index contributed by atoms with van der Waals surface area (Å²) in [7, 11) is 0. The number of para-hydroxylation sites is 3. The van der Waals surface area contributed by atoms with Crippen LogP contribution in [0.3, 0.4) is 0 Å². The standard InChI is InChI=1S/C50H36N2S/c1-2-12-38-33-50(32-37(38)11-1)43-30-35(23-27-41(43)42-28-26-40(31-44(42)50)51-29-9-13-36-10-3-4-14-45(36)51)20-19-34-21-24-39(25-22-34)52-46-15-5-7-17-48(46)53-49-18-8-6-16-47(49)52/h1-12,14-31H,13,32-33H2. The molecular formula is C50H36N2S. The molecule has 1 spiro atoms. The Morgan fingerprint density at radius 1 is 0.491 bits per heavy atom. The molecule has 7 aromatic carbocycles. The summed E-state index contributed by atoms with van der Waals surface area (Å²) in [4.78, 5) is 7.32. The minimum atomic E-state index is -0.0891. The Hall–Kier alpha value is -6.03. The summed E-state index contributed by atoms with van der Waals surface area (Å²) in [6.07, 6.45) is 12.1. The molecule has 0 N–H and O–H groups in total. The second-order valence-corrected chi connectivity index (χ2v) is 15.7. The van der Waals surface area contributed by atoms with Crippen LogP contribution in [0.15, 0.2) is 180 Å². The summed E-state index contributed by atoms with van der Waals surface area (Å²) >= 11 is 1.84. The molecule has 3 heteroatoms. The van der Waals surface area contributed by atoms with Crippen LogP contribution < -0.4 is 9.80 Å². The normalized spacial score (nSPS) is 15.5. The van der Waals surface area contributed by atoms with Gasteiger partial charge in [0, 0.05) is 38.5 Å². The predicted molar refractivity (Wildman–Crippen MR) is 222 cm³/mol. The predicted octanol–water partition coefficient (Wildman–Crippen LogP) is 13.1. The molecule has 0 saturated heterocycles. The lowest BCUT2D eigenvalue weighted by molar-refractivity contribution is 0.563. The van der Waals surface area contributed by atoms with Crippen molar-refractivity contribution >= 4 is 52.4 Å². The number of anilines is 5. The van der Waals surface area contributed by atoms with Gasteiger partial charge in [-0.3, -0.25) is 0 Å². The van der Waals surface area contributed by atoms with Crippen LogP contribution in [-0.2, 0) is 24.7 Å². The van der Waals surface area contributed by atoms with E-state index < -0.39 is 0 Å². The van der Waals surface area contributed by atoms with Gasteiger partial charge in [0.15, 0.2) is 0 Å². The summed E-state index contributed by atoms with van der Waals surface area (Å²) in [5.74, 6) is 0. The van der Waals surface area contributed by atoms with Crippen molar-refractivity contribution in [2.45, 2.75) is 34.5 Å². The summed E-state index contributed by atoms with van der Waals surface area (Å²) in [6.45, 7) is 0. The number of hydrogen-bond acceptors (Lipinski definition) is 3. The van der Waals surface area contributed by atoms with Crippen molar-refractivity contribution in [2.75, 3.05) is 9.80 Å². The third kappa shape index (κ3) is 4.88. The molecule has 2 nitrogen and oxygen atoms in total. The Labute approximate surface area is 315 Å². The van der Waals surface area contributed by atoms with E-state index in [0.717, 1.165) is 19.3 Å². The Balaban J connectivity index is 0.941. The van der Waals surface area contributed by atoms with Crippen molar-refractivity contribution in [1.29, 1.82) is 0 Å². The highest BCUT2D eigenvalue weighted by Gasteiger charge is 2.47. The molecule has 2 aliphatic heterocycles. The molecule has 0 radical (unpaired) electrons. The quantitative estimate of drug-likeness (QED) is 0.169. The largest absolute Gasteiger partial charge is 0.317 e. The first-order valence-corrected chi connectivity index (χ1v) is 19.4. The first-order chi connectivity index (χ1) is 26.2. The van der Waals surface area contributed by atoms with E-state index in [1.807, 2.05) is 11.8 Å². The van der Waals surface area contributed by atoms with Crippen molar-refractivity contribution in [3.05, 3.63) is 209 Å². The number of rotatable bonds is 4. The summed E-state index contributed by atoms with van der Waals surface area (Å²) in [5, 5.41) is 0. The molecule has 0 unspecified atom stereocenters. The molecule has 0 aromatic heterocycles. The minimum Gasteiger partial charge on any atom is -0.317 e.